The zero-order chi connectivity index (χ0) is 14.9. The molecule has 0 fully saturated rings. The topological polar surface area (TPSA) is 72.2 Å². The summed E-state index contributed by atoms with van der Waals surface area (Å²) in [5, 5.41) is 3.76. The first-order valence-corrected chi connectivity index (χ1v) is 8.82. The van der Waals surface area contributed by atoms with Crippen molar-refractivity contribution < 1.29 is 9.00 Å². The molecule has 2 rings (SSSR count). The highest BCUT2D eigenvalue weighted by molar-refractivity contribution is 7.84. The third-order valence-corrected chi connectivity index (χ3v) is 5.09. The summed E-state index contributed by atoms with van der Waals surface area (Å²) in [6.45, 7) is 3.85. The standard InChI is InChI=1S/C14H18N2O2S2/c1-8-4-5-10-11(6-8)19-13(12(10)15)14(17)16-9(2)7-20(3)18/h4-6,9H,7,15H2,1-3H3,(H,16,17). The summed E-state index contributed by atoms with van der Waals surface area (Å²) >= 11 is 1.39. The molecule has 1 aromatic heterocycles. The molecule has 0 spiro atoms. The average molecular weight is 310 g/mol. The van der Waals surface area contributed by atoms with Crippen LogP contribution in [0.25, 0.3) is 10.1 Å². The highest BCUT2D eigenvalue weighted by atomic mass is 32.2. The van der Waals surface area contributed by atoms with Gasteiger partial charge in [-0.15, -0.1) is 11.3 Å². The lowest BCUT2D eigenvalue weighted by Crippen LogP contribution is -2.36. The summed E-state index contributed by atoms with van der Waals surface area (Å²) in [7, 11) is -0.934. The molecule has 0 aliphatic carbocycles. The van der Waals surface area contributed by atoms with Crippen LogP contribution in [-0.2, 0) is 10.8 Å². The normalized spacial score (nSPS) is 14.2. The minimum atomic E-state index is -0.934. The van der Waals surface area contributed by atoms with Gasteiger partial charge in [0.25, 0.3) is 5.91 Å². The molecule has 4 nitrogen and oxygen atoms in total. The van der Waals surface area contributed by atoms with Crippen molar-refractivity contribution in [3.63, 3.8) is 0 Å². The molecular weight excluding hydrogens is 292 g/mol. The van der Waals surface area contributed by atoms with Crippen molar-refractivity contribution in [2.24, 2.45) is 0 Å². The van der Waals surface area contributed by atoms with Crippen LogP contribution in [0.4, 0.5) is 5.69 Å². The second kappa shape index (κ2) is 5.93. The monoisotopic (exact) mass is 310 g/mol. The largest absolute Gasteiger partial charge is 0.397 e. The van der Waals surface area contributed by atoms with Gasteiger partial charge in [-0.05, 0) is 25.5 Å². The number of anilines is 1. The van der Waals surface area contributed by atoms with E-state index < -0.39 is 10.8 Å². The molecule has 0 saturated heterocycles. The molecule has 108 valence electrons. The van der Waals surface area contributed by atoms with Gasteiger partial charge in [0.15, 0.2) is 0 Å². The second-order valence-electron chi connectivity index (χ2n) is 4.96. The van der Waals surface area contributed by atoms with Crippen molar-refractivity contribution >= 4 is 43.8 Å². The van der Waals surface area contributed by atoms with E-state index in [1.54, 1.807) is 6.26 Å². The van der Waals surface area contributed by atoms with Crippen LogP contribution in [0.5, 0.6) is 0 Å². The van der Waals surface area contributed by atoms with Gasteiger partial charge in [-0.2, -0.15) is 0 Å². The molecule has 1 heterocycles. The summed E-state index contributed by atoms with van der Waals surface area (Å²) < 4.78 is 12.2. The predicted molar refractivity (Wildman–Crippen MR) is 86.8 cm³/mol. The molecule has 2 atom stereocenters. The van der Waals surface area contributed by atoms with Crippen LogP contribution >= 0.6 is 11.3 Å². The molecule has 3 N–H and O–H groups in total. The van der Waals surface area contributed by atoms with Gasteiger partial charge in [0.2, 0.25) is 0 Å². The molecule has 0 bridgehead atoms. The van der Waals surface area contributed by atoms with Gasteiger partial charge >= 0.3 is 0 Å². The first kappa shape index (κ1) is 15.0. The number of benzene rings is 1. The van der Waals surface area contributed by atoms with Gasteiger partial charge in [0.1, 0.15) is 4.88 Å². The maximum Gasteiger partial charge on any atom is 0.263 e. The molecule has 20 heavy (non-hydrogen) atoms. The van der Waals surface area contributed by atoms with Crippen molar-refractivity contribution in [3.05, 3.63) is 28.6 Å². The number of hydrogen-bond donors (Lipinski definition) is 2. The predicted octanol–water partition coefficient (Wildman–Crippen LogP) is 2.29. The quantitative estimate of drug-likeness (QED) is 0.910. The van der Waals surface area contributed by atoms with E-state index in [2.05, 4.69) is 5.32 Å². The van der Waals surface area contributed by atoms with Gasteiger partial charge in [-0.3, -0.25) is 9.00 Å². The van der Waals surface area contributed by atoms with Crippen LogP contribution in [0, 0.1) is 6.92 Å². The van der Waals surface area contributed by atoms with Gasteiger partial charge < -0.3 is 11.1 Å². The van der Waals surface area contributed by atoms with E-state index in [0.717, 1.165) is 15.6 Å². The van der Waals surface area contributed by atoms with Crippen LogP contribution in [-0.4, -0.2) is 28.2 Å². The zero-order valence-electron chi connectivity index (χ0n) is 11.7. The van der Waals surface area contributed by atoms with Gasteiger partial charge in [0.05, 0.1) is 5.69 Å². The molecule has 0 radical (unpaired) electrons. The summed E-state index contributed by atoms with van der Waals surface area (Å²) in [6.07, 6.45) is 1.62. The van der Waals surface area contributed by atoms with E-state index in [4.69, 9.17) is 5.73 Å². The number of aryl methyl sites for hydroxylation is 1. The molecule has 0 aliphatic heterocycles. The third kappa shape index (κ3) is 3.19. The molecule has 1 amide bonds. The molecule has 1 aromatic carbocycles. The van der Waals surface area contributed by atoms with Crippen LogP contribution in [0.15, 0.2) is 18.2 Å². The van der Waals surface area contributed by atoms with E-state index in [0.29, 0.717) is 16.3 Å². The number of carbonyl (C=O) groups is 1. The Balaban J connectivity index is 2.26. The van der Waals surface area contributed by atoms with Gasteiger partial charge in [0, 0.05) is 38.9 Å². The Morgan fingerprint density at radius 1 is 1.50 bits per heavy atom. The Morgan fingerprint density at radius 2 is 2.20 bits per heavy atom. The Bertz CT molecular complexity index is 679. The van der Waals surface area contributed by atoms with E-state index in [1.165, 1.54) is 11.3 Å². The number of thiophene rings is 1. The van der Waals surface area contributed by atoms with Crippen molar-refractivity contribution in [1.29, 1.82) is 0 Å². The van der Waals surface area contributed by atoms with Gasteiger partial charge in [-0.25, -0.2) is 0 Å². The molecule has 2 unspecified atom stereocenters. The first-order chi connectivity index (χ1) is 9.38. The maximum atomic E-state index is 12.2. The smallest absolute Gasteiger partial charge is 0.263 e. The summed E-state index contributed by atoms with van der Waals surface area (Å²) in [4.78, 5) is 12.8. The first-order valence-electron chi connectivity index (χ1n) is 6.28. The number of carbonyl (C=O) groups excluding carboxylic acids is 1. The zero-order valence-corrected chi connectivity index (χ0v) is 13.4. The van der Waals surface area contributed by atoms with E-state index in [-0.39, 0.29) is 11.9 Å². The number of nitrogen functional groups attached to an aromatic ring is 1. The fourth-order valence-electron chi connectivity index (χ4n) is 2.08. The second-order valence-corrected chi connectivity index (χ2v) is 7.49. The van der Waals surface area contributed by atoms with Crippen molar-refractivity contribution in [1.82, 2.24) is 5.32 Å². The molecule has 0 saturated carbocycles. The highest BCUT2D eigenvalue weighted by Gasteiger charge is 2.18. The fourth-order valence-corrected chi connectivity index (χ4v) is 3.99. The van der Waals surface area contributed by atoms with Crippen LogP contribution < -0.4 is 11.1 Å². The van der Waals surface area contributed by atoms with Gasteiger partial charge in [-0.1, -0.05) is 12.1 Å². The van der Waals surface area contributed by atoms with Crippen molar-refractivity contribution in [2.45, 2.75) is 19.9 Å². The number of fused-ring (bicyclic) bond motifs is 1. The van der Waals surface area contributed by atoms with Crippen LogP contribution in [0.2, 0.25) is 0 Å². The molecular formula is C14H18N2O2S2. The highest BCUT2D eigenvalue weighted by Crippen LogP contribution is 2.34. The number of amides is 1. The summed E-state index contributed by atoms with van der Waals surface area (Å²) in [5.74, 6) is 0.245. The Hall–Kier alpha value is -1.40. The van der Waals surface area contributed by atoms with Crippen LogP contribution in [0.3, 0.4) is 0 Å². The number of nitrogens with one attached hydrogen (secondary N) is 1. The summed E-state index contributed by atoms with van der Waals surface area (Å²) in [6, 6.07) is 5.81. The van der Waals surface area contributed by atoms with E-state index in [9.17, 15) is 9.00 Å². The molecule has 2 aromatic rings. The number of hydrogen-bond acceptors (Lipinski definition) is 4. The maximum absolute atomic E-state index is 12.2. The van der Waals surface area contributed by atoms with Crippen molar-refractivity contribution in [2.75, 3.05) is 17.7 Å². The lowest BCUT2D eigenvalue weighted by molar-refractivity contribution is 0.0948. The fraction of sp³-hybridized carbons (Fsp3) is 0.357. The van der Waals surface area contributed by atoms with Crippen molar-refractivity contribution in [3.8, 4) is 0 Å². The number of nitrogens with two attached hydrogens (primary N) is 1. The van der Waals surface area contributed by atoms with E-state index >= 15 is 0 Å². The average Bonchev–Trinajstić information content (AvgIpc) is 2.65. The SMILES string of the molecule is Cc1ccc2c(N)c(C(=O)NC(C)CS(C)=O)sc2c1. The number of rotatable bonds is 4. The van der Waals surface area contributed by atoms with E-state index in [1.807, 2.05) is 32.0 Å². The molecule has 0 aliphatic rings. The third-order valence-electron chi connectivity index (χ3n) is 2.95. The minimum absolute atomic E-state index is 0.139. The lowest BCUT2D eigenvalue weighted by atomic mass is 10.1. The van der Waals surface area contributed by atoms with Crippen LogP contribution in [0.1, 0.15) is 22.2 Å². The Labute approximate surface area is 124 Å². The Kier molecular flexibility index (Phi) is 4.45. The molecule has 6 heteroatoms. The minimum Gasteiger partial charge on any atom is -0.397 e. The summed E-state index contributed by atoms with van der Waals surface area (Å²) in [5.41, 5.74) is 7.72. The lowest BCUT2D eigenvalue weighted by Gasteiger charge is -2.11. The Morgan fingerprint density at radius 3 is 2.85 bits per heavy atom.